The number of carbonyl (C=O) groups excluding carboxylic acids is 2. The van der Waals surface area contributed by atoms with Crippen LogP contribution in [0.25, 0.3) is 10.9 Å². The number of aromatic nitrogens is 2. The van der Waals surface area contributed by atoms with Crippen LogP contribution >= 0.6 is 11.6 Å². The Bertz CT molecular complexity index is 1080. The molecule has 0 aliphatic heterocycles. The quantitative estimate of drug-likeness (QED) is 0.567. The molecule has 1 aromatic carbocycles. The molecule has 0 N–H and O–H groups in total. The molecule has 3 rings (SSSR count). The zero-order valence-electron chi connectivity index (χ0n) is 17.6. The molecule has 0 radical (unpaired) electrons. The highest BCUT2D eigenvalue weighted by Gasteiger charge is 2.33. The normalized spacial score (nSPS) is 15.9. The number of benzene rings is 1. The van der Waals surface area contributed by atoms with E-state index in [1.807, 2.05) is 0 Å². The van der Waals surface area contributed by atoms with E-state index in [1.165, 1.54) is 13.4 Å². The van der Waals surface area contributed by atoms with Crippen LogP contribution in [0.3, 0.4) is 0 Å². The van der Waals surface area contributed by atoms with Gasteiger partial charge in [0, 0.05) is 18.6 Å². The Balaban J connectivity index is 2.04. The van der Waals surface area contributed by atoms with Gasteiger partial charge in [-0.3, -0.25) is 9.59 Å². The fourth-order valence-corrected chi connectivity index (χ4v) is 3.07. The molecule has 164 valence electrons. The number of methoxy groups -OCH3 is 2. The van der Waals surface area contributed by atoms with Crippen LogP contribution in [0.4, 0.5) is 5.82 Å². The lowest BCUT2D eigenvalue weighted by atomic mass is 10.0. The third-order valence-electron chi connectivity index (χ3n) is 4.28. The molecule has 1 aromatic heterocycles. The third-order valence-corrected chi connectivity index (χ3v) is 4.66. The van der Waals surface area contributed by atoms with Crippen molar-refractivity contribution in [2.45, 2.75) is 26.4 Å². The summed E-state index contributed by atoms with van der Waals surface area (Å²) in [6.45, 7) is 4.21. The predicted octanol–water partition coefficient (Wildman–Crippen LogP) is 3.15. The molecule has 0 saturated carbocycles. The monoisotopic (exact) mass is 447 g/mol. The van der Waals surface area contributed by atoms with Crippen molar-refractivity contribution in [1.82, 2.24) is 9.97 Å². The first-order valence-electron chi connectivity index (χ1n) is 9.52. The van der Waals surface area contributed by atoms with Gasteiger partial charge in [-0.1, -0.05) is 11.6 Å². The Labute approximate surface area is 184 Å². The van der Waals surface area contributed by atoms with E-state index in [0.29, 0.717) is 35.6 Å². The van der Waals surface area contributed by atoms with Gasteiger partial charge in [0.05, 0.1) is 31.8 Å². The molecule has 9 nitrogen and oxygen atoms in total. The van der Waals surface area contributed by atoms with Crippen molar-refractivity contribution in [3.8, 4) is 11.5 Å². The molecule has 0 fully saturated rings. The summed E-state index contributed by atoms with van der Waals surface area (Å²) in [5.41, 5.74) is 0.522. The molecule has 1 aliphatic carbocycles. The highest BCUT2D eigenvalue weighted by atomic mass is 35.5. The topological polar surface area (TPSA) is 109 Å². The highest BCUT2D eigenvalue weighted by molar-refractivity contribution is 6.58. The molecule has 0 spiro atoms. The summed E-state index contributed by atoms with van der Waals surface area (Å²) < 4.78 is 21.5. The smallest absolute Gasteiger partial charge is 0.243 e. The van der Waals surface area contributed by atoms with Gasteiger partial charge in [-0.15, -0.1) is 0 Å². The van der Waals surface area contributed by atoms with E-state index in [4.69, 9.17) is 30.5 Å². The minimum atomic E-state index is -0.545. The molecule has 0 saturated heterocycles. The SMILES string of the molecule is COCCOc1cc2ncnc(N=C3CC(=O)C(Cl)=C(OC(C)C)C3=O)c2cc1OC. The second-order valence-electron chi connectivity index (χ2n) is 6.86. The number of hydrogen-bond acceptors (Lipinski definition) is 9. The fourth-order valence-electron chi connectivity index (χ4n) is 2.87. The second kappa shape index (κ2) is 9.84. The lowest BCUT2D eigenvalue weighted by Gasteiger charge is -2.19. The number of nitrogens with zero attached hydrogens (tertiary/aromatic N) is 3. The molecule has 31 heavy (non-hydrogen) atoms. The zero-order chi connectivity index (χ0) is 22.5. The van der Waals surface area contributed by atoms with Gasteiger partial charge in [0.15, 0.2) is 28.9 Å². The standard InChI is InChI=1S/C21H22ClN3O6/c1-11(2)31-20-18(22)15(26)8-14(19(20)27)25-21-12-7-16(29-4)17(30-6-5-28-3)9-13(12)23-10-24-21/h7,9-11H,5-6,8H2,1-4H3. The molecule has 0 bridgehead atoms. The molecular formula is C21H22ClN3O6. The molecule has 1 aliphatic rings. The number of fused-ring (bicyclic) bond motifs is 1. The number of hydrogen-bond donors (Lipinski definition) is 0. The first kappa shape index (κ1) is 22.6. The fraction of sp³-hybridized carbons (Fsp3) is 0.381. The largest absolute Gasteiger partial charge is 0.493 e. The van der Waals surface area contributed by atoms with Crippen LogP contribution in [0.2, 0.25) is 0 Å². The molecular weight excluding hydrogens is 426 g/mol. The lowest BCUT2D eigenvalue weighted by molar-refractivity contribution is -0.119. The van der Waals surface area contributed by atoms with Crippen molar-refractivity contribution in [3.05, 3.63) is 29.3 Å². The Hall–Kier alpha value is -3.04. The van der Waals surface area contributed by atoms with Crippen molar-refractivity contribution < 1.29 is 28.5 Å². The van der Waals surface area contributed by atoms with Crippen LogP contribution < -0.4 is 9.47 Å². The molecule has 10 heteroatoms. The van der Waals surface area contributed by atoms with Crippen molar-refractivity contribution >= 4 is 45.6 Å². The number of Topliss-reactive ketones (excluding diaryl/α,β-unsaturated/α-hetero) is 2. The van der Waals surface area contributed by atoms with Crippen LogP contribution in [0.1, 0.15) is 20.3 Å². The maximum absolute atomic E-state index is 12.8. The Morgan fingerprint density at radius 2 is 1.90 bits per heavy atom. The number of rotatable bonds is 8. The maximum atomic E-state index is 12.8. The van der Waals surface area contributed by atoms with Crippen molar-refractivity contribution in [3.63, 3.8) is 0 Å². The summed E-state index contributed by atoms with van der Waals surface area (Å²) in [6.07, 6.45) is 0.737. The number of carbonyl (C=O) groups is 2. The van der Waals surface area contributed by atoms with Crippen LogP contribution in [0.15, 0.2) is 34.2 Å². The van der Waals surface area contributed by atoms with Gasteiger partial charge >= 0.3 is 0 Å². The first-order valence-corrected chi connectivity index (χ1v) is 9.89. The average molecular weight is 448 g/mol. The van der Waals surface area contributed by atoms with Crippen LogP contribution in [0, 0.1) is 0 Å². The molecule has 0 atom stereocenters. The zero-order valence-corrected chi connectivity index (χ0v) is 18.4. The van der Waals surface area contributed by atoms with E-state index in [-0.39, 0.29) is 34.8 Å². The van der Waals surface area contributed by atoms with E-state index in [2.05, 4.69) is 15.0 Å². The molecule has 1 heterocycles. The Kier molecular flexibility index (Phi) is 7.19. The summed E-state index contributed by atoms with van der Waals surface area (Å²) >= 11 is 6.01. The first-order chi connectivity index (χ1) is 14.8. The van der Waals surface area contributed by atoms with Gasteiger partial charge < -0.3 is 18.9 Å². The highest BCUT2D eigenvalue weighted by Crippen LogP contribution is 2.35. The summed E-state index contributed by atoms with van der Waals surface area (Å²) in [5.74, 6) is -0.0495. The average Bonchev–Trinajstić information content (AvgIpc) is 2.74. The van der Waals surface area contributed by atoms with E-state index in [1.54, 1.807) is 33.1 Å². The van der Waals surface area contributed by atoms with Gasteiger partial charge in [-0.2, -0.15) is 0 Å². The number of halogens is 1. The van der Waals surface area contributed by atoms with E-state index in [9.17, 15) is 9.59 Å². The van der Waals surface area contributed by atoms with Crippen LogP contribution in [-0.4, -0.2) is 60.8 Å². The number of aliphatic imine (C=N–C) groups is 1. The van der Waals surface area contributed by atoms with Crippen LogP contribution in [-0.2, 0) is 19.1 Å². The van der Waals surface area contributed by atoms with Crippen molar-refractivity contribution in [2.24, 2.45) is 4.99 Å². The van der Waals surface area contributed by atoms with E-state index >= 15 is 0 Å². The summed E-state index contributed by atoms with van der Waals surface area (Å²) in [5, 5.41) is 0.308. The summed E-state index contributed by atoms with van der Waals surface area (Å²) in [6, 6.07) is 3.35. The minimum absolute atomic E-state index is 0.00978. The van der Waals surface area contributed by atoms with E-state index in [0.717, 1.165) is 0 Å². The maximum Gasteiger partial charge on any atom is 0.243 e. The van der Waals surface area contributed by atoms with Gasteiger partial charge in [-0.25, -0.2) is 15.0 Å². The predicted molar refractivity (Wildman–Crippen MR) is 114 cm³/mol. The second-order valence-corrected chi connectivity index (χ2v) is 7.23. The molecule has 0 unspecified atom stereocenters. The number of allylic oxidation sites excluding steroid dienone is 2. The van der Waals surface area contributed by atoms with Crippen molar-refractivity contribution in [1.29, 1.82) is 0 Å². The van der Waals surface area contributed by atoms with E-state index < -0.39 is 11.6 Å². The number of ketones is 2. The van der Waals surface area contributed by atoms with Crippen LogP contribution in [0.5, 0.6) is 11.5 Å². The van der Waals surface area contributed by atoms with Gasteiger partial charge in [0.1, 0.15) is 23.7 Å². The number of ether oxygens (including phenoxy) is 4. The summed E-state index contributed by atoms with van der Waals surface area (Å²) in [4.78, 5) is 37.9. The Morgan fingerprint density at radius 3 is 2.58 bits per heavy atom. The third kappa shape index (κ3) is 5.00. The van der Waals surface area contributed by atoms with Gasteiger partial charge in [-0.05, 0) is 19.9 Å². The Morgan fingerprint density at radius 1 is 1.13 bits per heavy atom. The van der Waals surface area contributed by atoms with Crippen molar-refractivity contribution in [2.75, 3.05) is 27.4 Å². The molecule has 2 aromatic rings. The lowest BCUT2D eigenvalue weighted by Crippen LogP contribution is -2.29. The van der Waals surface area contributed by atoms with Gasteiger partial charge in [0.25, 0.3) is 0 Å². The van der Waals surface area contributed by atoms with Gasteiger partial charge in [0.2, 0.25) is 5.78 Å². The minimum Gasteiger partial charge on any atom is -0.493 e. The molecule has 0 amide bonds. The summed E-state index contributed by atoms with van der Waals surface area (Å²) in [7, 11) is 3.09.